The predicted molar refractivity (Wildman–Crippen MR) is 143 cm³/mol. The Morgan fingerprint density at radius 3 is 2.12 bits per heavy atom. The van der Waals surface area contributed by atoms with E-state index in [0.29, 0.717) is 5.92 Å². The molecule has 0 N–H and O–H groups in total. The molecule has 33 heavy (non-hydrogen) atoms. The van der Waals surface area contributed by atoms with Crippen LogP contribution in [0.3, 0.4) is 0 Å². The zero-order chi connectivity index (χ0) is 22.1. The number of hydrogen-bond donors (Lipinski definition) is 0. The fourth-order valence-electron chi connectivity index (χ4n) is 5.18. The molecule has 1 aromatic heterocycles. The van der Waals surface area contributed by atoms with Crippen LogP contribution in [0.2, 0.25) is 10.0 Å². The van der Waals surface area contributed by atoms with Gasteiger partial charge in [0, 0.05) is 39.7 Å². The zero-order valence-corrected chi connectivity index (χ0v) is 21.1. The van der Waals surface area contributed by atoms with Gasteiger partial charge in [0.2, 0.25) is 0 Å². The van der Waals surface area contributed by atoms with Crippen LogP contribution in [-0.4, -0.2) is 22.6 Å². The third kappa shape index (κ3) is 4.95. The number of nitrogens with zero attached hydrogens (tertiary/aromatic N) is 2. The van der Waals surface area contributed by atoms with Crippen LogP contribution >= 0.6 is 35.6 Å². The van der Waals surface area contributed by atoms with E-state index in [1.165, 1.54) is 27.7 Å². The van der Waals surface area contributed by atoms with Crippen molar-refractivity contribution in [2.24, 2.45) is 0 Å². The molecule has 172 valence electrons. The maximum atomic E-state index is 6.48. The molecule has 4 aromatic rings. The molecule has 0 aliphatic carbocycles. The predicted octanol–water partition coefficient (Wildman–Crippen LogP) is 8.11. The molecule has 1 aliphatic rings. The van der Waals surface area contributed by atoms with E-state index in [0.717, 1.165) is 54.6 Å². The highest BCUT2D eigenvalue weighted by Crippen LogP contribution is 2.38. The van der Waals surface area contributed by atoms with Crippen molar-refractivity contribution in [1.82, 2.24) is 9.47 Å². The second-order valence-electron chi connectivity index (χ2n) is 8.84. The van der Waals surface area contributed by atoms with E-state index in [4.69, 9.17) is 23.2 Å². The van der Waals surface area contributed by atoms with E-state index in [1.807, 2.05) is 18.2 Å². The van der Waals surface area contributed by atoms with E-state index in [-0.39, 0.29) is 12.4 Å². The second-order valence-corrected chi connectivity index (χ2v) is 9.65. The van der Waals surface area contributed by atoms with Gasteiger partial charge in [-0.15, -0.1) is 12.4 Å². The highest BCUT2D eigenvalue weighted by Gasteiger charge is 2.25. The van der Waals surface area contributed by atoms with Crippen molar-refractivity contribution in [3.8, 4) is 0 Å². The third-order valence-electron chi connectivity index (χ3n) is 6.92. The van der Waals surface area contributed by atoms with E-state index < -0.39 is 0 Å². The first-order valence-electron chi connectivity index (χ1n) is 11.4. The molecule has 1 aliphatic heterocycles. The fraction of sp³-hybridized carbons (Fsp3) is 0.286. The third-order valence-corrected chi connectivity index (χ3v) is 7.58. The molecule has 5 rings (SSSR count). The lowest BCUT2D eigenvalue weighted by Crippen LogP contribution is -2.32. The Kier molecular flexibility index (Phi) is 7.71. The number of fused-ring (bicyclic) bond motifs is 1. The first kappa shape index (κ1) is 24.2. The molecule has 1 saturated heterocycles. The average molecular weight is 500 g/mol. The molecule has 2 nitrogen and oxygen atoms in total. The summed E-state index contributed by atoms with van der Waals surface area (Å²) in [5.41, 5.74) is 6.60. The summed E-state index contributed by atoms with van der Waals surface area (Å²) in [6, 6.07) is 25.4. The lowest BCUT2D eigenvalue weighted by atomic mass is 9.89. The van der Waals surface area contributed by atoms with Gasteiger partial charge in [-0.2, -0.15) is 0 Å². The summed E-state index contributed by atoms with van der Waals surface area (Å²) in [5.74, 6) is 0.438. The van der Waals surface area contributed by atoms with Crippen molar-refractivity contribution in [2.75, 3.05) is 13.1 Å². The highest BCUT2D eigenvalue weighted by molar-refractivity contribution is 6.36. The molecule has 0 unspecified atom stereocenters. The van der Waals surface area contributed by atoms with Crippen LogP contribution in [0.5, 0.6) is 0 Å². The quantitative estimate of drug-likeness (QED) is 0.269. The van der Waals surface area contributed by atoms with Gasteiger partial charge in [0.05, 0.1) is 0 Å². The van der Waals surface area contributed by atoms with Gasteiger partial charge in [0.25, 0.3) is 0 Å². The number of likely N-dealkylation sites (tertiary alicyclic amines) is 1. The molecule has 0 saturated carbocycles. The maximum absolute atomic E-state index is 6.48. The molecule has 1 fully saturated rings. The number of benzene rings is 3. The molecule has 5 heteroatoms. The van der Waals surface area contributed by atoms with Crippen molar-refractivity contribution in [3.05, 3.63) is 105 Å². The Balaban J connectivity index is 0.00000259. The van der Waals surface area contributed by atoms with E-state index >= 15 is 0 Å². The minimum atomic E-state index is 0. The van der Waals surface area contributed by atoms with Crippen molar-refractivity contribution >= 4 is 46.5 Å². The molecular formula is C28H29Cl3N2. The smallest absolute Gasteiger partial charge is 0.0488 e. The van der Waals surface area contributed by atoms with Gasteiger partial charge in [-0.1, -0.05) is 77.8 Å². The van der Waals surface area contributed by atoms with Crippen LogP contribution in [-0.2, 0) is 13.1 Å². The Labute approximate surface area is 212 Å². The maximum Gasteiger partial charge on any atom is 0.0488 e. The molecular weight excluding hydrogens is 471 g/mol. The monoisotopic (exact) mass is 498 g/mol. The van der Waals surface area contributed by atoms with Gasteiger partial charge in [0.1, 0.15) is 0 Å². The first-order valence-corrected chi connectivity index (χ1v) is 12.1. The standard InChI is InChI=1S/C28H28Cl2N2.ClH/c1-20-24(19-31-16-14-22(15-17-31)28-25(29)11-7-12-26(28)30)23-10-5-6-13-27(23)32(20)18-21-8-3-2-4-9-21;/h2-13,22H,14-19H2,1H3;1H. The first-order chi connectivity index (χ1) is 15.6. The Bertz CT molecular complexity index is 1200. The van der Waals surface area contributed by atoms with Crippen molar-refractivity contribution in [3.63, 3.8) is 0 Å². The number of piperidine rings is 1. The number of rotatable bonds is 5. The van der Waals surface area contributed by atoms with Crippen molar-refractivity contribution in [2.45, 2.75) is 38.8 Å². The number of aromatic nitrogens is 1. The summed E-state index contributed by atoms with van der Waals surface area (Å²) in [4.78, 5) is 2.59. The number of hydrogen-bond acceptors (Lipinski definition) is 1. The van der Waals surface area contributed by atoms with Gasteiger partial charge >= 0.3 is 0 Å². The molecule has 0 radical (unpaired) electrons. The molecule has 3 aromatic carbocycles. The van der Waals surface area contributed by atoms with Crippen LogP contribution in [0.25, 0.3) is 10.9 Å². The van der Waals surface area contributed by atoms with Gasteiger partial charge in [-0.05, 0) is 73.7 Å². The van der Waals surface area contributed by atoms with E-state index in [2.05, 4.69) is 71.0 Å². The Morgan fingerprint density at radius 2 is 1.42 bits per heavy atom. The van der Waals surface area contributed by atoms with Gasteiger partial charge in [-0.3, -0.25) is 4.90 Å². The minimum Gasteiger partial charge on any atom is -0.340 e. The molecule has 0 bridgehead atoms. The van der Waals surface area contributed by atoms with E-state index in [1.54, 1.807) is 0 Å². The number of halogens is 3. The average Bonchev–Trinajstić information content (AvgIpc) is 3.07. The Hall–Kier alpha value is -1.97. The summed E-state index contributed by atoms with van der Waals surface area (Å²) in [6.07, 6.45) is 2.18. The lowest BCUT2D eigenvalue weighted by molar-refractivity contribution is 0.205. The second kappa shape index (κ2) is 10.5. The highest BCUT2D eigenvalue weighted by atomic mass is 35.5. The van der Waals surface area contributed by atoms with Crippen LogP contribution < -0.4 is 0 Å². The summed E-state index contributed by atoms with van der Waals surface area (Å²) in [7, 11) is 0. The summed E-state index contributed by atoms with van der Waals surface area (Å²) >= 11 is 13.0. The number of para-hydroxylation sites is 1. The zero-order valence-electron chi connectivity index (χ0n) is 18.8. The normalized spacial score (nSPS) is 15.0. The van der Waals surface area contributed by atoms with Crippen molar-refractivity contribution in [1.29, 1.82) is 0 Å². The Morgan fingerprint density at radius 1 is 0.788 bits per heavy atom. The largest absolute Gasteiger partial charge is 0.340 e. The van der Waals surface area contributed by atoms with Gasteiger partial charge in [-0.25, -0.2) is 0 Å². The lowest BCUT2D eigenvalue weighted by Gasteiger charge is -2.33. The van der Waals surface area contributed by atoms with E-state index in [9.17, 15) is 0 Å². The van der Waals surface area contributed by atoms with Crippen LogP contribution in [0.15, 0.2) is 72.8 Å². The van der Waals surface area contributed by atoms with Crippen LogP contribution in [0.1, 0.15) is 41.1 Å². The topological polar surface area (TPSA) is 8.17 Å². The minimum absolute atomic E-state index is 0. The van der Waals surface area contributed by atoms with Crippen LogP contribution in [0.4, 0.5) is 0 Å². The fourth-order valence-corrected chi connectivity index (χ4v) is 5.88. The molecule has 0 spiro atoms. The summed E-state index contributed by atoms with van der Waals surface area (Å²) < 4.78 is 2.47. The summed E-state index contributed by atoms with van der Waals surface area (Å²) in [6.45, 7) is 6.28. The molecule has 0 atom stereocenters. The van der Waals surface area contributed by atoms with Gasteiger partial charge < -0.3 is 4.57 Å². The van der Waals surface area contributed by atoms with Gasteiger partial charge in [0.15, 0.2) is 0 Å². The molecule has 0 amide bonds. The SMILES string of the molecule is Cc1c(CN2CCC(c3c(Cl)cccc3Cl)CC2)c2ccccc2n1Cc1ccccc1.Cl. The van der Waals surface area contributed by atoms with Crippen LogP contribution in [0, 0.1) is 6.92 Å². The van der Waals surface area contributed by atoms with Crippen molar-refractivity contribution < 1.29 is 0 Å². The summed E-state index contributed by atoms with van der Waals surface area (Å²) in [5, 5.41) is 2.98. The molecule has 2 heterocycles.